The zero-order valence-electron chi connectivity index (χ0n) is 11.2. The smallest absolute Gasteiger partial charge is 0.308 e. The predicted octanol–water partition coefficient (Wildman–Crippen LogP) is 1.85. The van der Waals surface area contributed by atoms with Crippen LogP contribution in [0.3, 0.4) is 0 Å². The number of benzene rings is 1. The molecule has 0 bridgehead atoms. The fraction of sp³-hybridized carbons (Fsp3) is 0.462. The van der Waals surface area contributed by atoms with E-state index in [-0.39, 0.29) is 6.42 Å². The SMILES string of the molecule is O=C(O)CCc1ccc(NP(=O)(N2CC2)N2CC2)cc1. The molecule has 7 heteroatoms. The van der Waals surface area contributed by atoms with Gasteiger partial charge in [-0.15, -0.1) is 0 Å². The number of carboxylic acids is 1. The number of nitrogens with one attached hydrogen (secondary N) is 1. The van der Waals surface area contributed by atoms with Crippen LogP contribution in [0.2, 0.25) is 0 Å². The first kappa shape index (κ1) is 13.6. The summed E-state index contributed by atoms with van der Waals surface area (Å²) in [6.07, 6.45) is 0.651. The summed E-state index contributed by atoms with van der Waals surface area (Å²) in [6, 6.07) is 7.52. The van der Waals surface area contributed by atoms with Gasteiger partial charge in [0.05, 0.1) is 0 Å². The van der Waals surface area contributed by atoms with Crippen molar-refractivity contribution in [2.75, 3.05) is 31.3 Å². The lowest BCUT2D eigenvalue weighted by atomic mass is 10.1. The Morgan fingerprint density at radius 2 is 1.70 bits per heavy atom. The number of hydrogen-bond donors (Lipinski definition) is 2. The van der Waals surface area contributed by atoms with Crippen LogP contribution in [0.5, 0.6) is 0 Å². The van der Waals surface area contributed by atoms with Crippen molar-refractivity contribution in [1.29, 1.82) is 0 Å². The van der Waals surface area contributed by atoms with Crippen LogP contribution in [0.15, 0.2) is 24.3 Å². The van der Waals surface area contributed by atoms with Crippen molar-refractivity contribution in [2.24, 2.45) is 0 Å². The minimum absolute atomic E-state index is 0.132. The molecule has 0 unspecified atom stereocenters. The van der Waals surface area contributed by atoms with Crippen LogP contribution in [0.4, 0.5) is 5.69 Å². The van der Waals surface area contributed by atoms with Crippen molar-refractivity contribution in [2.45, 2.75) is 12.8 Å². The van der Waals surface area contributed by atoms with Gasteiger partial charge < -0.3 is 10.2 Å². The van der Waals surface area contributed by atoms with Gasteiger partial charge in [0.25, 0.3) is 0 Å². The summed E-state index contributed by atoms with van der Waals surface area (Å²) < 4.78 is 16.8. The molecule has 6 nitrogen and oxygen atoms in total. The van der Waals surface area contributed by atoms with Gasteiger partial charge in [0, 0.05) is 38.3 Å². The van der Waals surface area contributed by atoms with Gasteiger partial charge in [-0.2, -0.15) is 0 Å². The Labute approximate surface area is 117 Å². The van der Waals surface area contributed by atoms with E-state index in [9.17, 15) is 9.36 Å². The summed E-state index contributed by atoms with van der Waals surface area (Å²) in [5.41, 5.74) is 1.80. The summed E-state index contributed by atoms with van der Waals surface area (Å²) in [5, 5.41) is 11.8. The fourth-order valence-corrected chi connectivity index (χ4v) is 4.51. The Morgan fingerprint density at radius 1 is 1.15 bits per heavy atom. The second-order valence-electron chi connectivity index (χ2n) is 5.15. The number of anilines is 1. The molecule has 0 amide bonds. The number of aryl methyl sites for hydroxylation is 1. The highest BCUT2D eigenvalue weighted by atomic mass is 31.2. The average Bonchev–Trinajstić information content (AvgIpc) is 3.30. The van der Waals surface area contributed by atoms with Crippen molar-refractivity contribution in [3.63, 3.8) is 0 Å². The summed E-state index contributed by atoms with van der Waals surface area (Å²) in [6.45, 7) is 3.55. The standard InChI is InChI=1S/C13H18N3O3P/c17-13(18)6-3-11-1-4-12(5-2-11)14-20(19,15-7-8-15)16-9-10-16/h1-2,4-5H,3,6-10H2,(H,14,19)(H,17,18). The molecule has 0 aromatic heterocycles. The number of hydrogen-bond acceptors (Lipinski definition) is 2. The lowest BCUT2D eigenvalue weighted by molar-refractivity contribution is -0.136. The van der Waals surface area contributed by atoms with E-state index in [1.54, 1.807) is 0 Å². The van der Waals surface area contributed by atoms with E-state index in [0.29, 0.717) is 6.42 Å². The van der Waals surface area contributed by atoms with Gasteiger partial charge >= 0.3 is 13.6 Å². The molecule has 20 heavy (non-hydrogen) atoms. The minimum atomic E-state index is -2.59. The molecular weight excluding hydrogens is 277 g/mol. The van der Waals surface area contributed by atoms with Crippen molar-refractivity contribution in [1.82, 2.24) is 9.34 Å². The average molecular weight is 295 g/mol. The molecule has 2 saturated heterocycles. The Kier molecular flexibility index (Phi) is 3.54. The molecule has 2 aliphatic heterocycles. The van der Waals surface area contributed by atoms with Gasteiger partial charge in [0.2, 0.25) is 0 Å². The van der Waals surface area contributed by atoms with E-state index < -0.39 is 13.6 Å². The molecule has 0 spiro atoms. The van der Waals surface area contributed by atoms with Gasteiger partial charge in [-0.3, -0.25) is 9.36 Å². The van der Waals surface area contributed by atoms with Crippen LogP contribution in [0, 0.1) is 0 Å². The molecule has 2 aliphatic rings. The fourth-order valence-electron chi connectivity index (χ4n) is 2.12. The van der Waals surface area contributed by atoms with Gasteiger partial charge in [-0.25, -0.2) is 9.34 Å². The van der Waals surface area contributed by atoms with E-state index >= 15 is 0 Å². The van der Waals surface area contributed by atoms with Crippen LogP contribution < -0.4 is 5.09 Å². The number of aliphatic carboxylic acids is 1. The molecule has 1 aromatic carbocycles. The molecule has 0 atom stereocenters. The van der Waals surface area contributed by atoms with Crippen molar-refractivity contribution in [3.05, 3.63) is 29.8 Å². The maximum atomic E-state index is 12.9. The molecule has 2 heterocycles. The monoisotopic (exact) mass is 295 g/mol. The summed E-state index contributed by atoms with van der Waals surface area (Å²) in [4.78, 5) is 10.5. The van der Waals surface area contributed by atoms with Gasteiger partial charge in [0.15, 0.2) is 0 Å². The summed E-state index contributed by atoms with van der Waals surface area (Å²) in [5.74, 6) is -0.792. The molecule has 108 valence electrons. The normalized spacial score (nSPS) is 18.8. The largest absolute Gasteiger partial charge is 0.481 e. The Morgan fingerprint density at radius 3 is 2.15 bits per heavy atom. The Hall–Kier alpha value is -1.36. The first-order valence-electron chi connectivity index (χ1n) is 6.78. The highest BCUT2D eigenvalue weighted by Gasteiger charge is 2.47. The van der Waals surface area contributed by atoms with Crippen LogP contribution >= 0.6 is 7.59 Å². The lowest BCUT2D eigenvalue weighted by Gasteiger charge is -2.22. The van der Waals surface area contributed by atoms with E-state index in [2.05, 4.69) is 5.09 Å². The molecular formula is C13H18N3O3P. The Bertz CT molecular complexity index is 536. The third-order valence-electron chi connectivity index (χ3n) is 3.47. The zero-order valence-corrected chi connectivity index (χ0v) is 12.1. The third-order valence-corrected chi connectivity index (χ3v) is 6.35. The van der Waals surface area contributed by atoms with Crippen LogP contribution in [-0.2, 0) is 15.8 Å². The highest BCUT2D eigenvalue weighted by Crippen LogP contribution is 2.59. The van der Waals surface area contributed by atoms with Gasteiger partial charge in [-0.1, -0.05) is 12.1 Å². The van der Waals surface area contributed by atoms with Crippen molar-refractivity contribution in [3.8, 4) is 0 Å². The minimum Gasteiger partial charge on any atom is -0.481 e. The topological polar surface area (TPSA) is 72.4 Å². The molecule has 0 aliphatic carbocycles. The van der Waals surface area contributed by atoms with E-state index in [1.807, 2.05) is 33.6 Å². The second-order valence-corrected chi connectivity index (χ2v) is 7.60. The summed E-state index contributed by atoms with van der Waals surface area (Å²) in [7, 11) is -2.59. The van der Waals surface area contributed by atoms with Crippen LogP contribution in [0.1, 0.15) is 12.0 Å². The molecule has 0 saturated carbocycles. The van der Waals surface area contributed by atoms with Crippen molar-refractivity contribution >= 4 is 19.3 Å². The predicted molar refractivity (Wildman–Crippen MR) is 76.8 cm³/mol. The lowest BCUT2D eigenvalue weighted by Crippen LogP contribution is -2.12. The number of carboxylic acid groups (broad SMARTS) is 1. The maximum absolute atomic E-state index is 12.9. The van der Waals surface area contributed by atoms with Crippen LogP contribution in [0.25, 0.3) is 0 Å². The summed E-state index contributed by atoms with van der Waals surface area (Å²) >= 11 is 0. The van der Waals surface area contributed by atoms with Gasteiger partial charge in [0.1, 0.15) is 0 Å². The molecule has 3 rings (SSSR count). The second kappa shape index (κ2) is 5.20. The molecule has 0 radical (unpaired) electrons. The van der Waals surface area contributed by atoms with Crippen LogP contribution in [-0.4, -0.2) is 46.6 Å². The quantitative estimate of drug-likeness (QED) is 0.591. The molecule has 2 N–H and O–H groups in total. The number of carbonyl (C=O) groups is 1. The zero-order chi connectivity index (χ0) is 14.2. The van der Waals surface area contributed by atoms with Gasteiger partial charge in [-0.05, 0) is 24.1 Å². The highest BCUT2D eigenvalue weighted by molar-refractivity contribution is 7.61. The molecule has 2 fully saturated rings. The van der Waals surface area contributed by atoms with E-state index in [1.165, 1.54) is 0 Å². The Balaban J connectivity index is 1.65. The van der Waals surface area contributed by atoms with E-state index in [0.717, 1.165) is 37.4 Å². The molecule has 1 aromatic rings. The third kappa shape index (κ3) is 3.03. The van der Waals surface area contributed by atoms with Crippen molar-refractivity contribution < 1.29 is 14.5 Å². The number of nitrogens with zero attached hydrogens (tertiary/aromatic N) is 2. The number of rotatable bonds is 7. The first-order chi connectivity index (χ1) is 9.58. The first-order valence-corrected chi connectivity index (χ1v) is 8.39. The van der Waals surface area contributed by atoms with E-state index in [4.69, 9.17) is 5.11 Å². The maximum Gasteiger partial charge on any atom is 0.308 e.